The molecule has 2 heterocycles. The standard InChI is InChI=1S/C15H24N4O2/c1-15(2,3)9-13(20)18-5-7-19(8-6-18)14(21)12-10-16-17(4)11-12/h10-11H,5-9H2,1-4H3. The molecule has 1 aromatic rings. The lowest BCUT2D eigenvalue weighted by atomic mass is 9.91. The molecule has 0 saturated carbocycles. The second-order valence-corrected chi connectivity index (χ2v) is 6.81. The van der Waals surface area contributed by atoms with Crippen molar-refractivity contribution in [3.63, 3.8) is 0 Å². The molecule has 6 heteroatoms. The Balaban J connectivity index is 1.88. The Labute approximate surface area is 125 Å². The van der Waals surface area contributed by atoms with Crippen LogP contribution in [0.15, 0.2) is 12.4 Å². The topological polar surface area (TPSA) is 58.4 Å². The van der Waals surface area contributed by atoms with Crippen LogP contribution in [0.3, 0.4) is 0 Å². The maximum atomic E-state index is 12.3. The van der Waals surface area contributed by atoms with Crippen LogP contribution in [-0.2, 0) is 11.8 Å². The van der Waals surface area contributed by atoms with Gasteiger partial charge in [0.15, 0.2) is 0 Å². The van der Waals surface area contributed by atoms with Crippen molar-refractivity contribution < 1.29 is 9.59 Å². The molecule has 1 aliphatic heterocycles. The van der Waals surface area contributed by atoms with E-state index >= 15 is 0 Å². The van der Waals surface area contributed by atoms with Gasteiger partial charge in [-0.15, -0.1) is 0 Å². The largest absolute Gasteiger partial charge is 0.339 e. The number of hydrogen-bond donors (Lipinski definition) is 0. The average molecular weight is 292 g/mol. The highest BCUT2D eigenvalue weighted by Gasteiger charge is 2.27. The van der Waals surface area contributed by atoms with Crippen LogP contribution in [0.25, 0.3) is 0 Å². The van der Waals surface area contributed by atoms with E-state index in [1.165, 1.54) is 0 Å². The lowest BCUT2D eigenvalue weighted by Crippen LogP contribution is -2.51. The second-order valence-electron chi connectivity index (χ2n) is 6.81. The molecule has 1 aliphatic rings. The van der Waals surface area contributed by atoms with E-state index in [9.17, 15) is 9.59 Å². The minimum Gasteiger partial charge on any atom is -0.339 e. The van der Waals surface area contributed by atoms with Crippen LogP contribution in [0, 0.1) is 5.41 Å². The molecule has 2 rings (SSSR count). The molecule has 0 aliphatic carbocycles. The van der Waals surface area contributed by atoms with Crippen molar-refractivity contribution in [1.82, 2.24) is 19.6 Å². The van der Waals surface area contributed by atoms with Crippen molar-refractivity contribution >= 4 is 11.8 Å². The summed E-state index contributed by atoms with van der Waals surface area (Å²) in [6.07, 6.45) is 3.85. The van der Waals surface area contributed by atoms with Crippen molar-refractivity contribution in [2.75, 3.05) is 26.2 Å². The van der Waals surface area contributed by atoms with Gasteiger partial charge in [-0.25, -0.2) is 0 Å². The quantitative estimate of drug-likeness (QED) is 0.821. The summed E-state index contributed by atoms with van der Waals surface area (Å²) < 4.78 is 1.62. The first-order chi connectivity index (χ1) is 9.76. The highest BCUT2D eigenvalue weighted by molar-refractivity contribution is 5.94. The predicted octanol–water partition coefficient (Wildman–Crippen LogP) is 1.14. The van der Waals surface area contributed by atoms with Gasteiger partial charge in [0.25, 0.3) is 5.91 Å². The maximum Gasteiger partial charge on any atom is 0.257 e. The Morgan fingerprint density at radius 1 is 1.14 bits per heavy atom. The molecule has 116 valence electrons. The van der Waals surface area contributed by atoms with E-state index in [2.05, 4.69) is 25.9 Å². The zero-order chi connectivity index (χ0) is 15.6. The Morgan fingerprint density at radius 2 is 1.71 bits per heavy atom. The van der Waals surface area contributed by atoms with E-state index in [1.807, 2.05) is 4.90 Å². The van der Waals surface area contributed by atoms with Crippen molar-refractivity contribution in [3.8, 4) is 0 Å². The van der Waals surface area contributed by atoms with Crippen LogP contribution in [0.1, 0.15) is 37.6 Å². The number of aryl methyl sites for hydroxylation is 1. The molecule has 0 N–H and O–H groups in total. The van der Waals surface area contributed by atoms with Gasteiger partial charge < -0.3 is 9.80 Å². The Kier molecular flexibility index (Phi) is 4.34. The van der Waals surface area contributed by atoms with E-state index in [0.29, 0.717) is 38.2 Å². The summed E-state index contributed by atoms with van der Waals surface area (Å²) in [5.74, 6) is 0.169. The summed E-state index contributed by atoms with van der Waals surface area (Å²) in [5.41, 5.74) is 0.603. The Morgan fingerprint density at radius 3 is 2.19 bits per heavy atom. The maximum absolute atomic E-state index is 12.3. The van der Waals surface area contributed by atoms with E-state index in [4.69, 9.17) is 0 Å². The van der Waals surface area contributed by atoms with E-state index < -0.39 is 0 Å². The van der Waals surface area contributed by atoms with E-state index in [0.717, 1.165) is 0 Å². The van der Waals surface area contributed by atoms with Gasteiger partial charge in [-0.05, 0) is 5.41 Å². The molecular weight excluding hydrogens is 268 g/mol. The minimum atomic E-state index is -0.00831. The third-order valence-corrected chi connectivity index (χ3v) is 3.55. The number of carbonyl (C=O) groups is 2. The van der Waals surface area contributed by atoms with Crippen LogP contribution in [-0.4, -0.2) is 57.6 Å². The molecule has 0 aromatic carbocycles. The van der Waals surface area contributed by atoms with Gasteiger partial charge in [0.2, 0.25) is 5.91 Å². The number of aromatic nitrogens is 2. The summed E-state index contributed by atoms with van der Waals surface area (Å²) in [6, 6.07) is 0. The Hall–Kier alpha value is -1.85. The monoisotopic (exact) mass is 292 g/mol. The molecule has 0 radical (unpaired) electrons. The number of hydrogen-bond acceptors (Lipinski definition) is 3. The molecule has 6 nitrogen and oxygen atoms in total. The molecule has 0 spiro atoms. The van der Waals surface area contributed by atoms with Gasteiger partial charge in [0.05, 0.1) is 11.8 Å². The van der Waals surface area contributed by atoms with Crippen molar-refractivity contribution in [2.45, 2.75) is 27.2 Å². The van der Waals surface area contributed by atoms with Gasteiger partial charge in [-0.1, -0.05) is 20.8 Å². The van der Waals surface area contributed by atoms with Crippen molar-refractivity contribution in [2.24, 2.45) is 12.5 Å². The lowest BCUT2D eigenvalue weighted by molar-refractivity contribution is -0.134. The third kappa shape index (κ3) is 4.06. The molecule has 1 saturated heterocycles. The normalized spacial score (nSPS) is 16.2. The molecule has 0 atom stereocenters. The summed E-state index contributed by atoms with van der Waals surface area (Å²) in [4.78, 5) is 28.1. The fourth-order valence-corrected chi connectivity index (χ4v) is 2.44. The number of rotatable bonds is 2. The molecule has 1 aromatic heterocycles. The molecule has 21 heavy (non-hydrogen) atoms. The number of nitrogens with zero attached hydrogens (tertiary/aromatic N) is 4. The zero-order valence-electron chi connectivity index (χ0n) is 13.3. The molecular formula is C15H24N4O2. The van der Waals surface area contributed by atoms with Gasteiger partial charge in [-0.2, -0.15) is 5.10 Å². The van der Waals surface area contributed by atoms with Gasteiger partial charge in [0.1, 0.15) is 0 Å². The first-order valence-corrected chi connectivity index (χ1v) is 7.32. The number of piperazine rings is 1. The average Bonchev–Trinajstić information content (AvgIpc) is 2.83. The van der Waals surface area contributed by atoms with Crippen LogP contribution in [0.4, 0.5) is 0 Å². The second kappa shape index (κ2) is 5.87. The SMILES string of the molecule is Cn1cc(C(=O)N2CCN(C(=O)CC(C)(C)C)CC2)cn1. The van der Waals surface area contributed by atoms with Crippen molar-refractivity contribution in [1.29, 1.82) is 0 Å². The highest BCUT2D eigenvalue weighted by Crippen LogP contribution is 2.20. The molecule has 2 amide bonds. The van der Waals surface area contributed by atoms with Crippen LogP contribution < -0.4 is 0 Å². The summed E-state index contributed by atoms with van der Waals surface area (Å²) in [7, 11) is 1.79. The lowest BCUT2D eigenvalue weighted by Gasteiger charge is -2.35. The Bertz CT molecular complexity index is 522. The third-order valence-electron chi connectivity index (χ3n) is 3.55. The van der Waals surface area contributed by atoms with Crippen LogP contribution in [0.2, 0.25) is 0 Å². The first-order valence-electron chi connectivity index (χ1n) is 7.32. The highest BCUT2D eigenvalue weighted by atomic mass is 16.2. The predicted molar refractivity (Wildman–Crippen MR) is 79.8 cm³/mol. The van der Waals surface area contributed by atoms with Crippen LogP contribution in [0.5, 0.6) is 0 Å². The van der Waals surface area contributed by atoms with Gasteiger partial charge >= 0.3 is 0 Å². The molecule has 0 unspecified atom stereocenters. The number of carbonyl (C=O) groups excluding carboxylic acids is 2. The molecule has 1 fully saturated rings. The van der Waals surface area contributed by atoms with Crippen molar-refractivity contribution in [3.05, 3.63) is 18.0 Å². The van der Waals surface area contributed by atoms with Gasteiger partial charge in [0, 0.05) is 45.8 Å². The van der Waals surface area contributed by atoms with E-state index in [1.54, 1.807) is 29.0 Å². The zero-order valence-corrected chi connectivity index (χ0v) is 13.3. The fourth-order valence-electron chi connectivity index (χ4n) is 2.44. The summed E-state index contributed by atoms with van der Waals surface area (Å²) in [5, 5.41) is 4.02. The molecule has 0 bridgehead atoms. The fraction of sp³-hybridized carbons (Fsp3) is 0.667. The van der Waals surface area contributed by atoms with Gasteiger partial charge in [-0.3, -0.25) is 14.3 Å². The van der Waals surface area contributed by atoms with E-state index in [-0.39, 0.29) is 17.2 Å². The first kappa shape index (κ1) is 15.5. The smallest absolute Gasteiger partial charge is 0.257 e. The summed E-state index contributed by atoms with van der Waals surface area (Å²) >= 11 is 0. The van der Waals surface area contributed by atoms with Crippen LogP contribution >= 0.6 is 0 Å². The number of amides is 2. The summed E-state index contributed by atoms with van der Waals surface area (Å²) in [6.45, 7) is 8.59. The minimum absolute atomic E-state index is 0.000253.